The molecule has 21 heavy (non-hydrogen) atoms. The summed E-state index contributed by atoms with van der Waals surface area (Å²) in [4.78, 5) is 1.02. The third kappa shape index (κ3) is 4.72. The molecule has 1 atom stereocenters. The Labute approximate surface area is 133 Å². The van der Waals surface area contributed by atoms with Crippen molar-refractivity contribution in [3.05, 3.63) is 50.6 Å². The first-order valence-electron chi connectivity index (χ1n) is 6.22. The standard InChI is InChI=1S/C14H13BrF3NOS/c1-2-19-13(12-7-10(15)8-21-12)9-4-3-5-11(6-9)20-14(16,17)18/h3-8,13,19H,2H2,1H3. The minimum atomic E-state index is -4.68. The van der Waals surface area contributed by atoms with Crippen LogP contribution in [-0.2, 0) is 0 Å². The van der Waals surface area contributed by atoms with Crippen LogP contribution in [-0.4, -0.2) is 12.9 Å². The Morgan fingerprint density at radius 3 is 2.67 bits per heavy atom. The molecule has 0 fully saturated rings. The molecule has 0 aliphatic rings. The summed E-state index contributed by atoms with van der Waals surface area (Å²) >= 11 is 4.93. The summed E-state index contributed by atoms with van der Waals surface area (Å²) in [5.74, 6) is -0.210. The first-order chi connectivity index (χ1) is 9.89. The van der Waals surface area contributed by atoms with Crippen molar-refractivity contribution in [2.45, 2.75) is 19.3 Å². The molecule has 0 aliphatic heterocycles. The lowest BCUT2D eigenvalue weighted by Gasteiger charge is -2.18. The zero-order chi connectivity index (χ0) is 15.5. The molecular weight excluding hydrogens is 367 g/mol. The molecule has 0 radical (unpaired) electrons. The Kier molecular flexibility index (Phi) is 5.29. The van der Waals surface area contributed by atoms with Gasteiger partial charge in [-0.05, 0) is 46.2 Å². The molecule has 0 bridgehead atoms. The topological polar surface area (TPSA) is 21.3 Å². The molecule has 1 N–H and O–H groups in total. The van der Waals surface area contributed by atoms with E-state index in [9.17, 15) is 13.2 Å². The van der Waals surface area contributed by atoms with Crippen molar-refractivity contribution < 1.29 is 17.9 Å². The van der Waals surface area contributed by atoms with Gasteiger partial charge in [-0.3, -0.25) is 0 Å². The summed E-state index contributed by atoms with van der Waals surface area (Å²) in [6, 6.07) is 7.84. The number of hydrogen-bond acceptors (Lipinski definition) is 3. The van der Waals surface area contributed by atoms with E-state index in [4.69, 9.17) is 0 Å². The van der Waals surface area contributed by atoms with E-state index < -0.39 is 6.36 Å². The Morgan fingerprint density at radius 2 is 2.10 bits per heavy atom. The Bertz CT molecular complexity index is 600. The van der Waals surface area contributed by atoms with Gasteiger partial charge in [0.05, 0.1) is 6.04 Å². The molecule has 2 aromatic rings. The van der Waals surface area contributed by atoms with Crippen LogP contribution in [0.5, 0.6) is 5.75 Å². The number of nitrogens with one attached hydrogen (secondary N) is 1. The number of benzene rings is 1. The van der Waals surface area contributed by atoms with Gasteiger partial charge in [-0.25, -0.2) is 0 Å². The molecule has 0 spiro atoms. The zero-order valence-electron chi connectivity index (χ0n) is 11.1. The van der Waals surface area contributed by atoms with Crippen LogP contribution < -0.4 is 10.1 Å². The lowest BCUT2D eigenvalue weighted by atomic mass is 10.1. The number of alkyl halides is 3. The van der Waals surface area contributed by atoms with Crippen LogP contribution in [0.4, 0.5) is 13.2 Å². The normalized spacial score (nSPS) is 13.2. The van der Waals surface area contributed by atoms with Gasteiger partial charge in [-0.1, -0.05) is 19.1 Å². The van der Waals surface area contributed by atoms with Crippen LogP contribution in [0.15, 0.2) is 40.2 Å². The van der Waals surface area contributed by atoms with Crippen molar-refractivity contribution in [2.75, 3.05) is 6.54 Å². The summed E-state index contributed by atoms with van der Waals surface area (Å²) in [5.41, 5.74) is 0.730. The molecule has 0 saturated carbocycles. The van der Waals surface area contributed by atoms with Crippen LogP contribution in [0.1, 0.15) is 23.4 Å². The van der Waals surface area contributed by atoms with Crippen molar-refractivity contribution in [3.8, 4) is 5.75 Å². The van der Waals surface area contributed by atoms with Crippen molar-refractivity contribution >= 4 is 27.3 Å². The van der Waals surface area contributed by atoms with Crippen molar-refractivity contribution in [1.82, 2.24) is 5.32 Å². The van der Waals surface area contributed by atoms with E-state index in [1.54, 1.807) is 12.1 Å². The highest BCUT2D eigenvalue weighted by Crippen LogP contribution is 2.32. The predicted molar refractivity (Wildman–Crippen MR) is 80.7 cm³/mol. The highest BCUT2D eigenvalue weighted by atomic mass is 79.9. The van der Waals surface area contributed by atoms with Gasteiger partial charge in [0.2, 0.25) is 0 Å². The third-order valence-corrected chi connectivity index (χ3v) is 4.46. The Morgan fingerprint density at radius 1 is 1.33 bits per heavy atom. The SMILES string of the molecule is CCNC(c1cccc(OC(F)(F)F)c1)c1cc(Br)cs1. The molecule has 7 heteroatoms. The number of rotatable bonds is 5. The average Bonchev–Trinajstić information content (AvgIpc) is 2.80. The van der Waals surface area contributed by atoms with E-state index in [1.165, 1.54) is 23.5 Å². The maximum Gasteiger partial charge on any atom is 0.573 e. The molecule has 1 aromatic carbocycles. The van der Waals surface area contributed by atoms with Gasteiger partial charge in [-0.2, -0.15) is 0 Å². The summed E-state index contributed by atoms with van der Waals surface area (Å²) in [6.07, 6.45) is -4.68. The van der Waals surface area contributed by atoms with Crippen LogP contribution in [0.3, 0.4) is 0 Å². The van der Waals surface area contributed by atoms with Crippen molar-refractivity contribution in [1.29, 1.82) is 0 Å². The molecule has 2 nitrogen and oxygen atoms in total. The molecule has 0 amide bonds. The average molecular weight is 380 g/mol. The van der Waals surface area contributed by atoms with Gasteiger partial charge in [0.1, 0.15) is 5.75 Å². The van der Waals surface area contributed by atoms with Gasteiger partial charge >= 0.3 is 6.36 Å². The minimum absolute atomic E-state index is 0.164. The van der Waals surface area contributed by atoms with Gasteiger partial charge in [0.15, 0.2) is 0 Å². The fourth-order valence-corrected chi connectivity index (χ4v) is 3.50. The van der Waals surface area contributed by atoms with E-state index >= 15 is 0 Å². The number of thiophene rings is 1. The second-order valence-corrected chi connectivity index (χ2v) is 6.14. The summed E-state index contributed by atoms with van der Waals surface area (Å²) in [7, 11) is 0. The van der Waals surface area contributed by atoms with Crippen LogP contribution in [0.2, 0.25) is 0 Å². The summed E-state index contributed by atoms with van der Waals surface area (Å²) in [6.45, 7) is 2.65. The lowest BCUT2D eigenvalue weighted by molar-refractivity contribution is -0.274. The largest absolute Gasteiger partial charge is 0.573 e. The van der Waals surface area contributed by atoms with Crippen LogP contribution in [0, 0.1) is 0 Å². The highest BCUT2D eigenvalue weighted by Gasteiger charge is 2.31. The fourth-order valence-electron chi connectivity index (χ4n) is 1.96. The molecule has 2 rings (SSSR count). The first-order valence-corrected chi connectivity index (χ1v) is 7.89. The quantitative estimate of drug-likeness (QED) is 0.779. The third-order valence-electron chi connectivity index (χ3n) is 2.71. The second-order valence-electron chi connectivity index (χ2n) is 4.28. The molecule has 0 saturated heterocycles. The Hall–Kier alpha value is -1.05. The van der Waals surface area contributed by atoms with Gasteiger partial charge in [0, 0.05) is 14.7 Å². The summed E-state index contributed by atoms with van der Waals surface area (Å²) < 4.78 is 41.8. The molecule has 0 aliphatic carbocycles. The first kappa shape index (κ1) is 16.3. The van der Waals surface area contributed by atoms with Crippen molar-refractivity contribution in [3.63, 3.8) is 0 Å². The number of halogens is 4. The Balaban J connectivity index is 2.30. The van der Waals surface area contributed by atoms with E-state index in [2.05, 4.69) is 26.0 Å². The van der Waals surface area contributed by atoms with Crippen molar-refractivity contribution in [2.24, 2.45) is 0 Å². The summed E-state index contributed by atoms with van der Waals surface area (Å²) in [5, 5.41) is 5.21. The minimum Gasteiger partial charge on any atom is -0.406 e. The zero-order valence-corrected chi connectivity index (χ0v) is 13.5. The van der Waals surface area contributed by atoms with Gasteiger partial charge in [0.25, 0.3) is 0 Å². The number of ether oxygens (including phenoxy) is 1. The molecule has 1 aromatic heterocycles. The van der Waals surface area contributed by atoms with Crippen LogP contribution >= 0.6 is 27.3 Å². The van der Waals surface area contributed by atoms with E-state index in [0.717, 1.165) is 14.9 Å². The van der Waals surface area contributed by atoms with Gasteiger partial charge in [-0.15, -0.1) is 24.5 Å². The second kappa shape index (κ2) is 6.81. The highest BCUT2D eigenvalue weighted by molar-refractivity contribution is 9.10. The predicted octanol–water partition coefficient (Wildman–Crippen LogP) is 5.11. The fraction of sp³-hybridized carbons (Fsp3) is 0.286. The molecule has 114 valence electrons. The van der Waals surface area contributed by atoms with Crippen LogP contribution in [0.25, 0.3) is 0 Å². The maximum absolute atomic E-state index is 12.3. The molecular formula is C14H13BrF3NOS. The van der Waals surface area contributed by atoms with E-state index in [1.807, 2.05) is 18.4 Å². The van der Waals surface area contributed by atoms with E-state index in [-0.39, 0.29) is 11.8 Å². The maximum atomic E-state index is 12.3. The van der Waals surface area contributed by atoms with Gasteiger partial charge < -0.3 is 10.1 Å². The lowest BCUT2D eigenvalue weighted by Crippen LogP contribution is -2.21. The molecule has 1 unspecified atom stereocenters. The molecule has 1 heterocycles. The number of hydrogen-bond donors (Lipinski definition) is 1. The smallest absolute Gasteiger partial charge is 0.406 e. The monoisotopic (exact) mass is 379 g/mol. The van der Waals surface area contributed by atoms with E-state index in [0.29, 0.717) is 6.54 Å².